The molecular weight excluding hydrogens is 300 g/mol. The van der Waals surface area contributed by atoms with Crippen LogP contribution in [-0.2, 0) is 16.6 Å². The Kier molecular flexibility index (Phi) is 4.36. The van der Waals surface area contributed by atoms with Gasteiger partial charge in [0.05, 0.1) is 31.4 Å². The summed E-state index contributed by atoms with van der Waals surface area (Å²) in [7, 11) is -1.47. The summed E-state index contributed by atoms with van der Waals surface area (Å²) in [5, 5.41) is 11.2. The zero-order chi connectivity index (χ0) is 14.7. The fourth-order valence-corrected chi connectivity index (χ4v) is 3.36. The minimum atomic E-state index is -1.47. The molecule has 0 spiro atoms. The van der Waals surface area contributed by atoms with E-state index < -0.39 is 15.7 Å². The summed E-state index contributed by atoms with van der Waals surface area (Å²) < 4.78 is 12.3. The number of rotatable bonds is 4. The van der Waals surface area contributed by atoms with Crippen LogP contribution in [0.1, 0.15) is 5.56 Å². The van der Waals surface area contributed by atoms with E-state index in [-0.39, 0.29) is 11.4 Å². The molecule has 2 aromatic carbocycles. The van der Waals surface area contributed by atoms with E-state index in [1.807, 2.05) is 0 Å². The lowest BCUT2D eigenvalue weighted by atomic mass is 10.2. The van der Waals surface area contributed by atoms with Crippen LogP contribution in [0.5, 0.6) is 0 Å². The SMILES string of the molecule is Nc1ccc(S(=O)Cc2ccccc2[N+](=O)[O-])c(Cl)c1. The number of nitro benzene ring substituents is 1. The largest absolute Gasteiger partial charge is 0.399 e. The van der Waals surface area contributed by atoms with Crippen LogP contribution < -0.4 is 5.73 Å². The summed E-state index contributed by atoms with van der Waals surface area (Å²) in [6.45, 7) is 0. The van der Waals surface area contributed by atoms with Crippen molar-refractivity contribution in [2.45, 2.75) is 10.6 Å². The molecule has 104 valence electrons. The molecule has 0 heterocycles. The van der Waals surface area contributed by atoms with Crippen LogP contribution in [0.4, 0.5) is 11.4 Å². The molecule has 2 aromatic rings. The van der Waals surface area contributed by atoms with Gasteiger partial charge in [-0.2, -0.15) is 0 Å². The monoisotopic (exact) mass is 310 g/mol. The number of nitrogens with two attached hydrogens (primary N) is 1. The van der Waals surface area contributed by atoms with Gasteiger partial charge in [0.15, 0.2) is 0 Å². The molecule has 0 fully saturated rings. The molecular formula is C13H11ClN2O3S. The minimum absolute atomic E-state index is 0.0286. The molecule has 1 atom stereocenters. The van der Waals surface area contributed by atoms with Crippen molar-refractivity contribution < 1.29 is 9.13 Å². The Labute approximate surface area is 123 Å². The zero-order valence-electron chi connectivity index (χ0n) is 10.3. The van der Waals surface area contributed by atoms with E-state index in [1.54, 1.807) is 30.3 Å². The summed E-state index contributed by atoms with van der Waals surface area (Å²) in [6, 6.07) is 10.9. The van der Waals surface area contributed by atoms with Crippen molar-refractivity contribution in [3.63, 3.8) is 0 Å². The predicted molar refractivity (Wildman–Crippen MR) is 79.1 cm³/mol. The van der Waals surface area contributed by atoms with Crippen LogP contribution in [-0.4, -0.2) is 9.13 Å². The van der Waals surface area contributed by atoms with E-state index in [4.69, 9.17) is 17.3 Å². The molecule has 2 rings (SSSR count). The first-order chi connectivity index (χ1) is 9.49. The van der Waals surface area contributed by atoms with Gasteiger partial charge in [0.2, 0.25) is 0 Å². The summed E-state index contributed by atoms with van der Waals surface area (Å²) in [6.07, 6.45) is 0. The molecule has 2 N–H and O–H groups in total. The van der Waals surface area contributed by atoms with Crippen molar-refractivity contribution in [1.82, 2.24) is 0 Å². The van der Waals surface area contributed by atoms with Crippen LogP contribution in [0.25, 0.3) is 0 Å². The highest BCUT2D eigenvalue weighted by molar-refractivity contribution is 7.84. The lowest BCUT2D eigenvalue weighted by molar-refractivity contribution is -0.385. The highest BCUT2D eigenvalue weighted by atomic mass is 35.5. The van der Waals surface area contributed by atoms with Gasteiger partial charge in [-0.3, -0.25) is 14.3 Å². The van der Waals surface area contributed by atoms with Gasteiger partial charge in [-0.15, -0.1) is 0 Å². The highest BCUT2D eigenvalue weighted by Gasteiger charge is 2.17. The van der Waals surface area contributed by atoms with E-state index in [0.717, 1.165) is 0 Å². The Morgan fingerprint density at radius 1 is 1.25 bits per heavy atom. The molecule has 0 aliphatic carbocycles. The fraction of sp³-hybridized carbons (Fsp3) is 0.0769. The number of nitrogens with zero attached hydrogens (tertiary/aromatic N) is 1. The molecule has 0 radical (unpaired) electrons. The molecule has 0 aliphatic rings. The van der Waals surface area contributed by atoms with Gasteiger partial charge < -0.3 is 5.73 Å². The van der Waals surface area contributed by atoms with Crippen molar-refractivity contribution in [3.8, 4) is 0 Å². The second-order valence-corrected chi connectivity index (χ2v) is 5.89. The molecule has 0 bridgehead atoms. The Morgan fingerprint density at radius 3 is 2.60 bits per heavy atom. The second-order valence-electron chi connectivity index (χ2n) is 4.07. The van der Waals surface area contributed by atoms with E-state index >= 15 is 0 Å². The van der Waals surface area contributed by atoms with Crippen molar-refractivity contribution in [2.24, 2.45) is 0 Å². The Bertz CT molecular complexity index is 691. The topological polar surface area (TPSA) is 86.2 Å². The molecule has 0 saturated carbocycles. The highest BCUT2D eigenvalue weighted by Crippen LogP contribution is 2.26. The Hall–Kier alpha value is -1.92. The van der Waals surface area contributed by atoms with E-state index in [0.29, 0.717) is 21.2 Å². The average Bonchev–Trinajstić information content (AvgIpc) is 2.38. The van der Waals surface area contributed by atoms with Crippen molar-refractivity contribution in [2.75, 3.05) is 5.73 Å². The third kappa shape index (κ3) is 3.15. The maximum absolute atomic E-state index is 12.3. The van der Waals surface area contributed by atoms with Crippen LogP contribution in [0.15, 0.2) is 47.4 Å². The maximum Gasteiger partial charge on any atom is 0.273 e. The van der Waals surface area contributed by atoms with Crippen molar-refractivity contribution in [1.29, 1.82) is 0 Å². The number of benzene rings is 2. The van der Waals surface area contributed by atoms with Crippen LogP contribution in [0.2, 0.25) is 5.02 Å². The first kappa shape index (κ1) is 14.5. The molecule has 0 aromatic heterocycles. The third-order valence-electron chi connectivity index (χ3n) is 2.68. The number of anilines is 1. The molecule has 20 heavy (non-hydrogen) atoms. The first-order valence-electron chi connectivity index (χ1n) is 5.64. The predicted octanol–water partition coefficient (Wildman–Crippen LogP) is 3.14. The van der Waals surface area contributed by atoms with E-state index in [9.17, 15) is 14.3 Å². The Balaban J connectivity index is 2.30. The summed E-state index contributed by atoms with van der Waals surface area (Å²) in [5.41, 5.74) is 6.40. The van der Waals surface area contributed by atoms with Gasteiger partial charge in [0.1, 0.15) is 0 Å². The lowest BCUT2D eigenvalue weighted by Gasteiger charge is -2.06. The molecule has 7 heteroatoms. The number of hydrogen-bond donors (Lipinski definition) is 1. The Morgan fingerprint density at radius 2 is 1.95 bits per heavy atom. The summed E-state index contributed by atoms with van der Waals surface area (Å²) in [5.74, 6) is 0.0286. The van der Waals surface area contributed by atoms with Gasteiger partial charge in [-0.05, 0) is 18.2 Å². The van der Waals surface area contributed by atoms with Gasteiger partial charge in [-0.25, -0.2) is 0 Å². The second kappa shape index (κ2) is 6.02. The average molecular weight is 311 g/mol. The van der Waals surface area contributed by atoms with Crippen LogP contribution in [0, 0.1) is 10.1 Å². The minimum Gasteiger partial charge on any atom is -0.399 e. The van der Waals surface area contributed by atoms with E-state index in [1.165, 1.54) is 12.1 Å². The van der Waals surface area contributed by atoms with Gasteiger partial charge in [0.25, 0.3) is 5.69 Å². The van der Waals surface area contributed by atoms with Crippen LogP contribution in [0.3, 0.4) is 0 Å². The first-order valence-corrected chi connectivity index (χ1v) is 7.34. The molecule has 1 unspecified atom stereocenters. The summed E-state index contributed by atoms with van der Waals surface area (Å²) in [4.78, 5) is 10.8. The fourth-order valence-electron chi connectivity index (χ4n) is 1.73. The van der Waals surface area contributed by atoms with Crippen molar-refractivity contribution >= 4 is 33.8 Å². The standard InChI is InChI=1S/C13H11ClN2O3S/c14-11-7-10(15)5-6-13(11)20(19)8-9-3-1-2-4-12(9)16(17)18/h1-7H,8,15H2. The zero-order valence-corrected chi connectivity index (χ0v) is 11.9. The van der Waals surface area contributed by atoms with Gasteiger partial charge >= 0.3 is 0 Å². The quantitative estimate of drug-likeness (QED) is 0.534. The number of halogens is 1. The lowest BCUT2D eigenvalue weighted by Crippen LogP contribution is -2.01. The number of nitro groups is 1. The number of nitrogen functional groups attached to an aromatic ring is 1. The molecule has 0 saturated heterocycles. The summed E-state index contributed by atoms with van der Waals surface area (Å²) >= 11 is 5.99. The normalized spacial score (nSPS) is 12.1. The number of para-hydroxylation sites is 1. The maximum atomic E-state index is 12.3. The molecule has 0 aliphatic heterocycles. The molecule has 5 nitrogen and oxygen atoms in total. The smallest absolute Gasteiger partial charge is 0.273 e. The third-order valence-corrected chi connectivity index (χ3v) is 4.52. The van der Waals surface area contributed by atoms with Crippen molar-refractivity contribution in [3.05, 3.63) is 63.2 Å². The van der Waals surface area contributed by atoms with Gasteiger partial charge in [0, 0.05) is 17.3 Å². The van der Waals surface area contributed by atoms with Gasteiger partial charge in [-0.1, -0.05) is 29.8 Å². The molecule has 0 amide bonds. The van der Waals surface area contributed by atoms with E-state index in [2.05, 4.69) is 0 Å². The van der Waals surface area contributed by atoms with Crippen LogP contribution >= 0.6 is 11.6 Å². The number of hydrogen-bond acceptors (Lipinski definition) is 4.